The Morgan fingerprint density at radius 2 is 2.30 bits per heavy atom. The third-order valence-electron chi connectivity index (χ3n) is 1.81. The Balaban J connectivity index is 1.91. The molecule has 0 aromatic heterocycles. The van der Waals surface area contributed by atoms with E-state index >= 15 is 0 Å². The van der Waals surface area contributed by atoms with E-state index in [9.17, 15) is 0 Å². The molecule has 0 radical (unpaired) electrons. The molecule has 1 aliphatic heterocycles. The minimum Gasteiger partial charge on any atom is -0.372 e. The van der Waals surface area contributed by atoms with Crippen LogP contribution in [0, 0.1) is 0 Å². The summed E-state index contributed by atoms with van der Waals surface area (Å²) < 4.78 is 5.12. The van der Waals surface area contributed by atoms with Gasteiger partial charge in [0.2, 0.25) is 0 Å². The van der Waals surface area contributed by atoms with Crippen LogP contribution in [0.1, 0.15) is 19.8 Å². The Labute approximate surface area is 63.2 Å². The normalized spacial score (nSPS) is 23.7. The fourth-order valence-corrected chi connectivity index (χ4v) is 1.04. The third kappa shape index (κ3) is 3.18. The minimum absolute atomic E-state index is 0.557. The van der Waals surface area contributed by atoms with E-state index < -0.39 is 0 Å². The molecule has 1 fully saturated rings. The monoisotopic (exact) mass is 143 g/mol. The highest BCUT2D eigenvalue weighted by atomic mass is 16.6. The number of unbranched alkanes of at least 4 members (excludes halogenated alkanes) is 1. The predicted octanol–water partition coefficient (Wildman–Crippen LogP) is 1.12. The lowest BCUT2D eigenvalue weighted by atomic mass is 10.3. The molecule has 0 amide bonds. The molecule has 0 bridgehead atoms. The topological polar surface area (TPSA) is 15.8 Å². The molecule has 2 heteroatoms. The maximum atomic E-state index is 5.12. The Hall–Kier alpha value is -0.0800. The summed E-state index contributed by atoms with van der Waals surface area (Å²) in [4.78, 5) is 2.35. The fraction of sp³-hybridized carbons (Fsp3) is 1.00. The van der Waals surface area contributed by atoms with Crippen molar-refractivity contribution >= 4 is 0 Å². The largest absolute Gasteiger partial charge is 0.372 e. The van der Waals surface area contributed by atoms with Crippen LogP contribution in [0.2, 0.25) is 0 Å². The zero-order valence-corrected chi connectivity index (χ0v) is 6.97. The SMILES string of the molecule is CCCCN(C)C[C@@H]1CO1. The van der Waals surface area contributed by atoms with Crippen LogP contribution in [0.4, 0.5) is 0 Å². The van der Waals surface area contributed by atoms with Crippen molar-refractivity contribution in [2.75, 3.05) is 26.7 Å². The summed E-state index contributed by atoms with van der Waals surface area (Å²) in [5.41, 5.74) is 0. The van der Waals surface area contributed by atoms with E-state index in [1.54, 1.807) is 0 Å². The molecule has 0 aromatic rings. The predicted molar refractivity (Wildman–Crippen MR) is 42.1 cm³/mol. The van der Waals surface area contributed by atoms with Gasteiger partial charge in [-0.1, -0.05) is 13.3 Å². The number of epoxide rings is 1. The smallest absolute Gasteiger partial charge is 0.0936 e. The first-order chi connectivity index (χ1) is 4.83. The Morgan fingerprint density at radius 3 is 2.80 bits per heavy atom. The highest BCUT2D eigenvalue weighted by molar-refractivity contribution is 4.72. The van der Waals surface area contributed by atoms with Crippen LogP contribution in [0.25, 0.3) is 0 Å². The van der Waals surface area contributed by atoms with E-state index in [4.69, 9.17) is 4.74 Å². The summed E-state index contributed by atoms with van der Waals surface area (Å²) in [7, 11) is 2.16. The van der Waals surface area contributed by atoms with E-state index in [-0.39, 0.29) is 0 Å². The van der Waals surface area contributed by atoms with Gasteiger partial charge in [-0.2, -0.15) is 0 Å². The molecule has 1 rings (SSSR count). The highest BCUT2D eigenvalue weighted by Gasteiger charge is 2.23. The number of ether oxygens (including phenoxy) is 1. The average Bonchev–Trinajstić information content (AvgIpc) is 2.67. The molecule has 0 saturated carbocycles. The van der Waals surface area contributed by atoms with Crippen molar-refractivity contribution < 1.29 is 4.74 Å². The summed E-state index contributed by atoms with van der Waals surface area (Å²) >= 11 is 0. The van der Waals surface area contributed by atoms with Crippen molar-refractivity contribution in [3.8, 4) is 0 Å². The molecular weight excluding hydrogens is 126 g/mol. The fourth-order valence-electron chi connectivity index (χ4n) is 1.04. The molecule has 1 heterocycles. The summed E-state index contributed by atoms with van der Waals surface area (Å²) in [5.74, 6) is 0. The first-order valence-corrected chi connectivity index (χ1v) is 4.13. The van der Waals surface area contributed by atoms with E-state index in [1.165, 1.54) is 19.4 Å². The molecule has 1 atom stereocenters. The van der Waals surface area contributed by atoms with E-state index in [1.807, 2.05) is 0 Å². The molecule has 60 valence electrons. The van der Waals surface area contributed by atoms with Crippen molar-refractivity contribution in [2.24, 2.45) is 0 Å². The van der Waals surface area contributed by atoms with E-state index in [0.717, 1.165) is 13.2 Å². The zero-order chi connectivity index (χ0) is 7.40. The second-order valence-corrected chi connectivity index (χ2v) is 3.07. The molecule has 0 aromatic carbocycles. The van der Waals surface area contributed by atoms with Crippen LogP contribution in [-0.4, -0.2) is 37.7 Å². The Morgan fingerprint density at radius 1 is 1.60 bits per heavy atom. The first kappa shape index (κ1) is 8.02. The molecule has 1 aliphatic rings. The maximum Gasteiger partial charge on any atom is 0.0936 e. The van der Waals surface area contributed by atoms with Crippen LogP contribution in [0.5, 0.6) is 0 Å². The molecule has 2 nitrogen and oxygen atoms in total. The summed E-state index contributed by atoms with van der Waals surface area (Å²) in [6.45, 7) is 5.55. The van der Waals surface area contributed by atoms with Gasteiger partial charge in [0.15, 0.2) is 0 Å². The van der Waals surface area contributed by atoms with Gasteiger partial charge in [-0.15, -0.1) is 0 Å². The van der Waals surface area contributed by atoms with Crippen LogP contribution < -0.4 is 0 Å². The highest BCUT2D eigenvalue weighted by Crippen LogP contribution is 2.09. The number of nitrogens with zero attached hydrogens (tertiary/aromatic N) is 1. The number of likely N-dealkylation sites (N-methyl/N-ethyl adjacent to an activating group) is 1. The van der Waals surface area contributed by atoms with Gasteiger partial charge in [-0.3, -0.25) is 0 Å². The lowest BCUT2D eigenvalue weighted by Crippen LogP contribution is -2.24. The van der Waals surface area contributed by atoms with Gasteiger partial charge in [-0.25, -0.2) is 0 Å². The van der Waals surface area contributed by atoms with E-state index in [2.05, 4.69) is 18.9 Å². The van der Waals surface area contributed by atoms with Crippen molar-refractivity contribution in [3.63, 3.8) is 0 Å². The first-order valence-electron chi connectivity index (χ1n) is 4.13. The van der Waals surface area contributed by atoms with Crippen LogP contribution in [-0.2, 0) is 4.74 Å². The van der Waals surface area contributed by atoms with Crippen molar-refractivity contribution in [1.29, 1.82) is 0 Å². The second-order valence-electron chi connectivity index (χ2n) is 3.07. The number of hydrogen-bond donors (Lipinski definition) is 0. The molecule has 1 saturated heterocycles. The van der Waals surface area contributed by atoms with Crippen molar-refractivity contribution in [2.45, 2.75) is 25.9 Å². The summed E-state index contributed by atoms with van der Waals surface area (Å²) in [5, 5.41) is 0. The lowest BCUT2D eigenvalue weighted by Gasteiger charge is -2.13. The zero-order valence-electron chi connectivity index (χ0n) is 6.97. The van der Waals surface area contributed by atoms with Gasteiger partial charge in [-0.05, 0) is 20.0 Å². The lowest BCUT2D eigenvalue weighted by molar-refractivity contribution is 0.281. The van der Waals surface area contributed by atoms with Gasteiger partial charge < -0.3 is 9.64 Å². The Kier molecular flexibility index (Phi) is 3.16. The molecule has 10 heavy (non-hydrogen) atoms. The van der Waals surface area contributed by atoms with Gasteiger partial charge in [0.05, 0.1) is 12.7 Å². The van der Waals surface area contributed by atoms with Crippen LogP contribution in [0.15, 0.2) is 0 Å². The Bertz CT molecular complexity index is 91.3. The molecule has 0 aliphatic carbocycles. The standard InChI is InChI=1S/C8H17NO/c1-3-4-5-9(2)6-8-7-10-8/h8H,3-7H2,1-2H3/t8-/m1/s1. The quantitative estimate of drug-likeness (QED) is 0.536. The molecular formula is C8H17NO. The van der Waals surface area contributed by atoms with Gasteiger partial charge in [0, 0.05) is 6.54 Å². The number of rotatable bonds is 5. The maximum absolute atomic E-state index is 5.12. The van der Waals surface area contributed by atoms with E-state index in [0.29, 0.717) is 6.10 Å². The second kappa shape index (κ2) is 3.94. The van der Waals surface area contributed by atoms with Gasteiger partial charge >= 0.3 is 0 Å². The minimum atomic E-state index is 0.557. The molecule has 0 unspecified atom stereocenters. The van der Waals surface area contributed by atoms with Crippen LogP contribution >= 0.6 is 0 Å². The third-order valence-corrected chi connectivity index (χ3v) is 1.81. The summed E-state index contributed by atoms with van der Waals surface area (Å²) in [6.07, 6.45) is 3.15. The molecule has 0 N–H and O–H groups in total. The van der Waals surface area contributed by atoms with Crippen molar-refractivity contribution in [1.82, 2.24) is 4.90 Å². The molecule has 0 spiro atoms. The van der Waals surface area contributed by atoms with Gasteiger partial charge in [0.1, 0.15) is 0 Å². The number of hydrogen-bond acceptors (Lipinski definition) is 2. The van der Waals surface area contributed by atoms with Crippen molar-refractivity contribution in [3.05, 3.63) is 0 Å². The van der Waals surface area contributed by atoms with Gasteiger partial charge in [0.25, 0.3) is 0 Å². The van der Waals surface area contributed by atoms with Crippen LogP contribution in [0.3, 0.4) is 0 Å². The average molecular weight is 143 g/mol. The summed E-state index contributed by atoms with van der Waals surface area (Å²) in [6, 6.07) is 0.